The summed E-state index contributed by atoms with van der Waals surface area (Å²) >= 11 is 1.87. The summed E-state index contributed by atoms with van der Waals surface area (Å²) in [5.41, 5.74) is 1.26. The first-order valence-electron chi connectivity index (χ1n) is 5.15. The Balaban J connectivity index is 2.44. The third-order valence-corrected chi connectivity index (χ3v) is 2.89. The zero-order valence-corrected chi connectivity index (χ0v) is 10.6. The highest BCUT2D eigenvalue weighted by atomic mass is 32.2. The second kappa shape index (κ2) is 6.93. The van der Waals surface area contributed by atoms with Gasteiger partial charge in [-0.05, 0) is 26.4 Å². The average molecular weight is 228 g/mol. The topological polar surface area (TPSA) is 28.4 Å². The minimum absolute atomic E-state index is 0.877. The number of hydrogen-bond donors (Lipinski definition) is 1. The number of nitrogens with one attached hydrogen (secondary N) is 1. The molecule has 0 saturated heterocycles. The fourth-order valence-corrected chi connectivity index (χ4v) is 1.92. The fraction of sp³-hybridized carbons (Fsp3) is 0.636. The molecule has 1 rings (SSSR count). The van der Waals surface area contributed by atoms with Crippen LogP contribution in [-0.4, -0.2) is 37.5 Å². The Morgan fingerprint density at radius 3 is 3.00 bits per heavy atom. The predicted molar refractivity (Wildman–Crippen MR) is 66.2 cm³/mol. The van der Waals surface area contributed by atoms with Crippen molar-refractivity contribution in [1.29, 1.82) is 0 Å². The standard InChI is InChI=1S/C11H20N2OS/c1-12-8-10-4-6-14-11(10)9-13(2)5-7-15-3/h4,6,12H,5,7-9H2,1-3H3. The minimum Gasteiger partial charge on any atom is -0.468 e. The van der Waals surface area contributed by atoms with E-state index in [0.29, 0.717) is 0 Å². The molecule has 4 heteroatoms. The molecule has 0 aliphatic rings. The zero-order valence-electron chi connectivity index (χ0n) is 9.75. The summed E-state index contributed by atoms with van der Waals surface area (Å²) in [5.74, 6) is 2.24. The van der Waals surface area contributed by atoms with Gasteiger partial charge in [-0.3, -0.25) is 4.90 Å². The lowest BCUT2D eigenvalue weighted by Crippen LogP contribution is -2.21. The molecule has 0 aliphatic carbocycles. The van der Waals surface area contributed by atoms with Crippen LogP contribution in [0.3, 0.4) is 0 Å². The summed E-state index contributed by atoms with van der Waals surface area (Å²) < 4.78 is 5.48. The van der Waals surface area contributed by atoms with Crippen LogP contribution in [-0.2, 0) is 13.1 Å². The lowest BCUT2D eigenvalue weighted by molar-refractivity contribution is 0.309. The van der Waals surface area contributed by atoms with Gasteiger partial charge in [-0.2, -0.15) is 11.8 Å². The summed E-state index contributed by atoms with van der Waals surface area (Å²) in [6.45, 7) is 2.87. The van der Waals surface area contributed by atoms with Crippen LogP contribution in [0.1, 0.15) is 11.3 Å². The molecule has 3 nitrogen and oxygen atoms in total. The maximum Gasteiger partial charge on any atom is 0.122 e. The number of nitrogens with zero attached hydrogens (tertiary/aromatic N) is 1. The van der Waals surface area contributed by atoms with Crippen LogP contribution in [0.5, 0.6) is 0 Å². The monoisotopic (exact) mass is 228 g/mol. The molecule has 0 aliphatic heterocycles. The van der Waals surface area contributed by atoms with Crippen molar-refractivity contribution in [3.8, 4) is 0 Å². The molecule has 0 spiro atoms. The molecule has 0 amide bonds. The minimum atomic E-state index is 0.877. The van der Waals surface area contributed by atoms with Gasteiger partial charge in [0, 0.05) is 24.4 Å². The van der Waals surface area contributed by atoms with E-state index in [0.717, 1.165) is 25.4 Å². The maximum atomic E-state index is 5.48. The third-order valence-electron chi connectivity index (χ3n) is 2.30. The van der Waals surface area contributed by atoms with Gasteiger partial charge in [-0.15, -0.1) is 0 Å². The van der Waals surface area contributed by atoms with E-state index in [4.69, 9.17) is 4.42 Å². The molecule has 0 fully saturated rings. The van der Waals surface area contributed by atoms with Crippen LogP contribution in [0.25, 0.3) is 0 Å². The molecule has 1 heterocycles. The van der Waals surface area contributed by atoms with E-state index in [-0.39, 0.29) is 0 Å². The second-order valence-electron chi connectivity index (χ2n) is 3.63. The van der Waals surface area contributed by atoms with Gasteiger partial charge in [0.05, 0.1) is 12.8 Å². The third kappa shape index (κ3) is 4.28. The van der Waals surface area contributed by atoms with Gasteiger partial charge in [0.15, 0.2) is 0 Å². The average Bonchev–Trinajstić information content (AvgIpc) is 2.63. The predicted octanol–water partition coefficient (Wildman–Crippen LogP) is 1.79. The van der Waals surface area contributed by atoms with Crippen LogP contribution in [0.15, 0.2) is 16.7 Å². The smallest absolute Gasteiger partial charge is 0.122 e. The van der Waals surface area contributed by atoms with Gasteiger partial charge in [0.1, 0.15) is 5.76 Å². The van der Waals surface area contributed by atoms with E-state index >= 15 is 0 Å². The van der Waals surface area contributed by atoms with E-state index in [1.54, 1.807) is 6.26 Å². The molecular weight excluding hydrogens is 208 g/mol. The number of rotatable bonds is 7. The Hall–Kier alpha value is -0.450. The lowest BCUT2D eigenvalue weighted by atomic mass is 10.2. The van der Waals surface area contributed by atoms with Crippen LogP contribution < -0.4 is 5.32 Å². The number of hydrogen-bond acceptors (Lipinski definition) is 4. The van der Waals surface area contributed by atoms with E-state index in [9.17, 15) is 0 Å². The normalized spacial score (nSPS) is 11.2. The summed E-state index contributed by atoms with van der Waals surface area (Å²) in [5, 5.41) is 3.14. The quantitative estimate of drug-likeness (QED) is 0.770. The highest BCUT2D eigenvalue weighted by molar-refractivity contribution is 7.98. The summed E-state index contributed by atoms with van der Waals surface area (Å²) in [6.07, 6.45) is 3.90. The van der Waals surface area contributed by atoms with Crippen LogP contribution in [0, 0.1) is 0 Å². The second-order valence-corrected chi connectivity index (χ2v) is 4.62. The van der Waals surface area contributed by atoms with Crippen molar-refractivity contribution in [2.45, 2.75) is 13.1 Å². The number of thioether (sulfide) groups is 1. The molecule has 15 heavy (non-hydrogen) atoms. The maximum absolute atomic E-state index is 5.48. The molecule has 0 aromatic carbocycles. The molecule has 1 aromatic heterocycles. The van der Waals surface area contributed by atoms with E-state index in [2.05, 4.69) is 23.5 Å². The summed E-state index contributed by atoms with van der Waals surface area (Å²) in [4.78, 5) is 2.29. The molecule has 0 unspecified atom stereocenters. The molecule has 0 saturated carbocycles. The molecule has 0 atom stereocenters. The lowest BCUT2D eigenvalue weighted by Gasteiger charge is -2.15. The van der Waals surface area contributed by atoms with Gasteiger partial charge in [0.25, 0.3) is 0 Å². The Labute approximate surface area is 96.2 Å². The first kappa shape index (κ1) is 12.6. The van der Waals surface area contributed by atoms with E-state index < -0.39 is 0 Å². The highest BCUT2D eigenvalue weighted by Gasteiger charge is 2.08. The first-order chi connectivity index (χ1) is 7.27. The Bertz CT molecular complexity index is 275. The van der Waals surface area contributed by atoms with Crippen molar-refractivity contribution in [1.82, 2.24) is 10.2 Å². The van der Waals surface area contributed by atoms with Gasteiger partial charge in [-0.1, -0.05) is 0 Å². The summed E-state index contributed by atoms with van der Waals surface area (Å²) in [6, 6.07) is 2.04. The SMILES string of the molecule is CNCc1ccoc1CN(C)CCSC. The van der Waals surface area contributed by atoms with E-state index in [1.165, 1.54) is 11.3 Å². The molecule has 86 valence electrons. The largest absolute Gasteiger partial charge is 0.468 e. The van der Waals surface area contributed by atoms with Crippen LogP contribution in [0.4, 0.5) is 0 Å². The van der Waals surface area contributed by atoms with Crippen LogP contribution in [0.2, 0.25) is 0 Å². The van der Waals surface area contributed by atoms with Crippen molar-refractivity contribution in [2.75, 3.05) is 32.6 Å². The van der Waals surface area contributed by atoms with Gasteiger partial charge in [-0.25, -0.2) is 0 Å². The molecular formula is C11H20N2OS. The molecule has 0 radical (unpaired) electrons. The molecule has 1 N–H and O–H groups in total. The van der Waals surface area contributed by atoms with Crippen molar-refractivity contribution in [3.05, 3.63) is 23.7 Å². The Morgan fingerprint density at radius 1 is 1.53 bits per heavy atom. The van der Waals surface area contributed by atoms with Gasteiger partial charge < -0.3 is 9.73 Å². The first-order valence-corrected chi connectivity index (χ1v) is 6.54. The van der Waals surface area contributed by atoms with Crippen molar-refractivity contribution in [3.63, 3.8) is 0 Å². The Morgan fingerprint density at radius 2 is 2.33 bits per heavy atom. The highest BCUT2D eigenvalue weighted by Crippen LogP contribution is 2.12. The number of furan rings is 1. The van der Waals surface area contributed by atoms with Crippen molar-refractivity contribution in [2.24, 2.45) is 0 Å². The van der Waals surface area contributed by atoms with Gasteiger partial charge in [0.2, 0.25) is 0 Å². The summed E-state index contributed by atoms with van der Waals surface area (Å²) in [7, 11) is 4.08. The van der Waals surface area contributed by atoms with Gasteiger partial charge >= 0.3 is 0 Å². The Kier molecular flexibility index (Phi) is 5.83. The van der Waals surface area contributed by atoms with Crippen LogP contribution >= 0.6 is 11.8 Å². The molecule has 1 aromatic rings. The van der Waals surface area contributed by atoms with Crippen molar-refractivity contribution >= 4 is 11.8 Å². The van der Waals surface area contributed by atoms with Crippen molar-refractivity contribution < 1.29 is 4.42 Å². The molecule has 0 bridgehead atoms. The van der Waals surface area contributed by atoms with E-state index in [1.807, 2.05) is 24.9 Å². The zero-order chi connectivity index (χ0) is 11.1. The fourth-order valence-electron chi connectivity index (χ4n) is 1.43.